The molecule has 1 fully saturated rings. The van der Waals surface area contributed by atoms with Crippen molar-refractivity contribution in [1.82, 2.24) is 5.32 Å². The van der Waals surface area contributed by atoms with Crippen molar-refractivity contribution in [3.05, 3.63) is 29.3 Å². The maximum atomic E-state index is 9.84. The Labute approximate surface area is 109 Å². The first-order valence-corrected chi connectivity index (χ1v) is 7.28. The average molecular weight is 245 g/mol. The minimum absolute atomic E-state index is 0.461. The zero-order valence-electron chi connectivity index (χ0n) is 11.2. The first-order valence-electron chi connectivity index (χ1n) is 7.28. The molecule has 2 aliphatic carbocycles. The smallest absolute Gasteiger partial charge is 0.119 e. The molecule has 2 nitrogen and oxygen atoms in total. The molecule has 2 heteroatoms. The number of aromatic hydroxyl groups is 1. The van der Waals surface area contributed by atoms with Crippen LogP contribution in [0.1, 0.15) is 49.8 Å². The van der Waals surface area contributed by atoms with E-state index in [9.17, 15) is 5.11 Å². The van der Waals surface area contributed by atoms with Gasteiger partial charge < -0.3 is 10.4 Å². The first-order chi connectivity index (χ1) is 8.74. The maximum Gasteiger partial charge on any atom is 0.119 e. The van der Waals surface area contributed by atoms with Crippen LogP contribution in [0.2, 0.25) is 0 Å². The predicted molar refractivity (Wildman–Crippen MR) is 73.7 cm³/mol. The minimum atomic E-state index is 0.461. The third-order valence-corrected chi connectivity index (χ3v) is 4.70. The number of nitrogens with one attached hydrogen (secondary N) is 1. The first kappa shape index (κ1) is 12.0. The van der Waals surface area contributed by atoms with Gasteiger partial charge >= 0.3 is 0 Å². The third-order valence-electron chi connectivity index (χ3n) is 4.70. The van der Waals surface area contributed by atoms with Gasteiger partial charge in [0.15, 0.2) is 0 Å². The van der Waals surface area contributed by atoms with E-state index >= 15 is 0 Å². The van der Waals surface area contributed by atoms with Gasteiger partial charge in [0.05, 0.1) is 0 Å². The quantitative estimate of drug-likeness (QED) is 0.855. The zero-order valence-corrected chi connectivity index (χ0v) is 11.2. The fraction of sp³-hybridized carbons (Fsp3) is 0.625. The minimum Gasteiger partial charge on any atom is -0.508 e. The number of hydrogen-bond donors (Lipinski definition) is 2. The molecule has 2 aliphatic rings. The molecule has 1 aromatic carbocycles. The van der Waals surface area contributed by atoms with Crippen molar-refractivity contribution in [1.29, 1.82) is 0 Å². The van der Waals surface area contributed by atoms with Gasteiger partial charge in [0.2, 0.25) is 0 Å². The van der Waals surface area contributed by atoms with Crippen molar-refractivity contribution in [2.24, 2.45) is 11.8 Å². The van der Waals surface area contributed by atoms with Crippen molar-refractivity contribution in [3.63, 3.8) is 0 Å². The zero-order chi connectivity index (χ0) is 12.5. The molecule has 0 saturated heterocycles. The van der Waals surface area contributed by atoms with E-state index in [4.69, 9.17) is 0 Å². The normalized spacial score (nSPS) is 30.6. The Balaban J connectivity index is 1.61. The Kier molecular flexibility index (Phi) is 3.29. The lowest BCUT2D eigenvalue weighted by Gasteiger charge is -2.17. The number of phenols is 1. The summed E-state index contributed by atoms with van der Waals surface area (Å²) in [5.41, 5.74) is 2.48. The van der Waals surface area contributed by atoms with Gasteiger partial charge in [0, 0.05) is 6.04 Å². The molecule has 18 heavy (non-hydrogen) atoms. The van der Waals surface area contributed by atoms with Gasteiger partial charge in [-0.2, -0.15) is 0 Å². The summed E-state index contributed by atoms with van der Waals surface area (Å²) in [5.74, 6) is 2.25. The van der Waals surface area contributed by atoms with E-state index < -0.39 is 0 Å². The third kappa shape index (κ3) is 2.26. The van der Waals surface area contributed by atoms with Crippen LogP contribution in [0.3, 0.4) is 0 Å². The molecule has 0 aliphatic heterocycles. The van der Waals surface area contributed by atoms with Gasteiger partial charge in [-0.25, -0.2) is 0 Å². The van der Waals surface area contributed by atoms with E-state index in [1.165, 1.54) is 24.8 Å². The molecule has 2 N–H and O–H groups in total. The number of benzene rings is 1. The summed E-state index contributed by atoms with van der Waals surface area (Å²) in [5, 5.41) is 13.6. The van der Waals surface area contributed by atoms with Crippen LogP contribution in [0.25, 0.3) is 0 Å². The summed E-state index contributed by atoms with van der Waals surface area (Å²) in [6.07, 6.45) is 6.31. The molecule has 3 unspecified atom stereocenters. The van der Waals surface area contributed by atoms with Crippen LogP contribution < -0.4 is 5.32 Å². The number of rotatable bonds is 3. The van der Waals surface area contributed by atoms with Crippen molar-refractivity contribution in [3.8, 4) is 5.75 Å². The van der Waals surface area contributed by atoms with Crippen LogP contribution in [-0.4, -0.2) is 11.7 Å². The van der Waals surface area contributed by atoms with Gasteiger partial charge in [-0.05, 0) is 61.3 Å². The molecule has 0 radical (unpaired) electrons. The molecular weight excluding hydrogens is 222 g/mol. The molecule has 0 amide bonds. The Morgan fingerprint density at radius 2 is 2.17 bits per heavy atom. The van der Waals surface area contributed by atoms with Crippen LogP contribution >= 0.6 is 0 Å². The molecule has 98 valence electrons. The molecular formula is C16H23NO. The summed E-state index contributed by atoms with van der Waals surface area (Å²) < 4.78 is 0. The lowest BCUT2D eigenvalue weighted by Crippen LogP contribution is -2.25. The Morgan fingerprint density at radius 3 is 2.94 bits per heavy atom. The molecule has 1 saturated carbocycles. The van der Waals surface area contributed by atoms with Crippen LogP contribution in [-0.2, 0) is 6.42 Å². The highest BCUT2D eigenvalue weighted by Gasteiger charge is 2.26. The van der Waals surface area contributed by atoms with Gasteiger partial charge in [-0.3, -0.25) is 0 Å². The number of hydrogen-bond acceptors (Lipinski definition) is 2. The fourth-order valence-electron chi connectivity index (χ4n) is 3.67. The highest BCUT2D eigenvalue weighted by molar-refractivity contribution is 5.44. The number of fused-ring (bicyclic) bond motifs is 1. The topological polar surface area (TPSA) is 32.3 Å². The van der Waals surface area contributed by atoms with Gasteiger partial charge in [0.25, 0.3) is 0 Å². The largest absolute Gasteiger partial charge is 0.508 e. The van der Waals surface area contributed by atoms with E-state index in [0.29, 0.717) is 11.8 Å². The summed E-state index contributed by atoms with van der Waals surface area (Å²) in [6.45, 7) is 3.51. The highest BCUT2D eigenvalue weighted by Crippen LogP contribution is 2.37. The Hall–Kier alpha value is -1.02. The fourth-order valence-corrected chi connectivity index (χ4v) is 3.67. The summed E-state index contributed by atoms with van der Waals surface area (Å²) >= 11 is 0. The molecule has 0 spiro atoms. The molecule has 0 heterocycles. The average Bonchev–Trinajstić information content (AvgIpc) is 2.94. The van der Waals surface area contributed by atoms with Gasteiger partial charge in [0.1, 0.15) is 5.75 Å². The lowest BCUT2D eigenvalue weighted by molar-refractivity contribution is 0.426. The maximum absolute atomic E-state index is 9.84. The van der Waals surface area contributed by atoms with Crippen LogP contribution in [0.4, 0.5) is 0 Å². The van der Waals surface area contributed by atoms with E-state index in [1.54, 1.807) is 6.07 Å². The summed E-state index contributed by atoms with van der Waals surface area (Å²) in [6, 6.07) is 6.39. The lowest BCUT2D eigenvalue weighted by atomic mass is 10.0. The van der Waals surface area contributed by atoms with Crippen molar-refractivity contribution < 1.29 is 5.11 Å². The summed E-state index contributed by atoms with van der Waals surface area (Å²) in [4.78, 5) is 0. The highest BCUT2D eigenvalue weighted by atomic mass is 16.3. The molecule has 3 atom stereocenters. The van der Waals surface area contributed by atoms with E-state index in [0.717, 1.165) is 36.8 Å². The van der Waals surface area contributed by atoms with Crippen LogP contribution in [0, 0.1) is 11.8 Å². The van der Waals surface area contributed by atoms with Crippen LogP contribution in [0.15, 0.2) is 18.2 Å². The Morgan fingerprint density at radius 1 is 1.28 bits per heavy atom. The second-order valence-electron chi connectivity index (χ2n) is 6.13. The molecule has 0 bridgehead atoms. The predicted octanol–water partition coefficient (Wildman–Crippen LogP) is 3.41. The Bertz CT molecular complexity index is 429. The van der Waals surface area contributed by atoms with E-state index in [1.807, 2.05) is 6.07 Å². The SMILES string of the molecule is CC1CCC(CNC2CCc3c(O)cccc32)C1. The second-order valence-corrected chi connectivity index (χ2v) is 6.13. The monoisotopic (exact) mass is 245 g/mol. The second kappa shape index (κ2) is 4.93. The van der Waals surface area contributed by atoms with Gasteiger partial charge in [-0.15, -0.1) is 0 Å². The molecule has 0 aromatic heterocycles. The molecule has 1 aromatic rings. The van der Waals surface area contributed by atoms with E-state index in [-0.39, 0.29) is 0 Å². The van der Waals surface area contributed by atoms with Crippen LogP contribution in [0.5, 0.6) is 5.75 Å². The standard InChI is InChI=1S/C16H23NO/c1-11-5-6-12(9-11)10-17-15-8-7-14-13(15)3-2-4-16(14)18/h2-4,11-12,15,17-18H,5-10H2,1H3. The summed E-state index contributed by atoms with van der Waals surface area (Å²) in [7, 11) is 0. The van der Waals surface area contributed by atoms with Crippen molar-refractivity contribution >= 4 is 0 Å². The van der Waals surface area contributed by atoms with E-state index in [2.05, 4.69) is 18.3 Å². The van der Waals surface area contributed by atoms with Crippen molar-refractivity contribution in [2.45, 2.75) is 45.1 Å². The molecule has 3 rings (SSSR count). The van der Waals surface area contributed by atoms with Gasteiger partial charge in [-0.1, -0.05) is 25.5 Å². The van der Waals surface area contributed by atoms with Crippen molar-refractivity contribution in [2.75, 3.05) is 6.54 Å². The number of phenolic OH excluding ortho intramolecular Hbond substituents is 1.